The molecule has 2 aromatic carbocycles. The number of hydrogen-bond donors (Lipinski definition) is 2. The summed E-state index contributed by atoms with van der Waals surface area (Å²) in [5.41, 5.74) is 6.24. The zero-order valence-corrected chi connectivity index (χ0v) is 14.9. The number of carbonyl (C=O) groups is 1. The molecule has 1 atom stereocenters. The van der Waals surface area contributed by atoms with Gasteiger partial charge < -0.3 is 25.1 Å². The smallest absolute Gasteiger partial charge is 0.404 e. The Kier molecular flexibility index (Phi) is 6.42. The predicted octanol–water partition coefficient (Wildman–Crippen LogP) is 2.57. The van der Waals surface area contributed by atoms with Gasteiger partial charge in [0.2, 0.25) is 0 Å². The number of amides is 1. The van der Waals surface area contributed by atoms with E-state index in [0.717, 1.165) is 0 Å². The van der Waals surface area contributed by atoms with Gasteiger partial charge in [0.25, 0.3) is 5.69 Å². The van der Waals surface area contributed by atoms with Crippen molar-refractivity contribution in [1.29, 1.82) is 0 Å². The quantitative estimate of drug-likeness (QED) is 0.534. The van der Waals surface area contributed by atoms with Crippen LogP contribution in [0.5, 0.6) is 17.2 Å². The van der Waals surface area contributed by atoms with Crippen LogP contribution in [0.2, 0.25) is 0 Å². The fourth-order valence-corrected chi connectivity index (χ4v) is 2.68. The van der Waals surface area contributed by atoms with Crippen molar-refractivity contribution in [2.45, 2.75) is 18.9 Å². The number of phenols is 1. The van der Waals surface area contributed by atoms with E-state index in [1.165, 1.54) is 32.4 Å². The van der Waals surface area contributed by atoms with Crippen LogP contribution in [0.3, 0.4) is 0 Å². The summed E-state index contributed by atoms with van der Waals surface area (Å²) in [6, 6.07) is 8.89. The average Bonchev–Trinajstić information content (AvgIpc) is 2.62. The Morgan fingerprint density at radius 2 is 1.85 bits per heavy atom. The fraction of sp³-hybridized carbons (Fsp3) is 0.278. The van der Waals surface area contributed by atoms with Crippen LogP contribution < -0.4 is 15.2 Å². The Hall–Kier alpha value is -3.49. The Balaban J connectivity index is 2.26. The molecule has 0 saturated carbocycles. The molecule has 0 aliphatic rings. The number of nitrogens with two attached hydrogens (primary N) is 1. The Bertz CT molecular complexity index is 821. The third-order valence-electron chi connectivity index (χ3n) is 3.94. The Labute approximate surface area is 155 Å². The van der Waals surface area contributed by atoms with Crippen molar-refractivity contribution in [3.05, 3.63) is 57.6 Å². The second kappa shape index (κ2) is 8.75. The molecule has 0 aliphatic heterocycles. The molecule has 144 valence electrons. The van der Waals surface area contributed by atoms with Crippen LogP contribution in [0.25, 0.3) is 0 Å². The summed E-state index contributed by atoms with van der Waals surface area (Å²) in [5.74, 6) is 0.706. The Morgan fingerprint density at radius 1 is 1.19 bits per heavy atom. The van der Waals surface area contributed by atoms with E-state index in [9.17, 15) is 20.0 Å². The normalized spacial score (nSPS) is 11.5. The van der Waals surface area contributed by atoms with Crippen LogP contribution in [0, 0.1) is 10.1 Å². The lowest BCUT2D eigenvalue weighted by Crippen LogP contribution is -2.26. The zero-order chi connectivity index (χ0) is 20.0. The van der Waals surface area contributed by atoms with Crippen LogP contribution in [0.1, 0.15) is 11.1 Å². The number of hydrogen-bond acceptors (Lipinski definition) is 7. The second-order valence-electron chi connectivity index (χ2n) is 5.72. The van der Waals surface area contributed by atoms with E-state index in [2.05, 4.69) is 0 Å². The third kappa shape index (κ3) is 5.24. The predicted molar refractivity (Wildman–Crippen MR) is 96.2 cm³/mol. The number of phenolic OH excluding ortho intramolecular Hbond substituents is 1. The number of non-ortho nitro benzene ring substituents is 1. The number of nitro groups is 1. The van der Waals surface area contributed by atoms with E-state index in [-0.39, 0.29) is 24.3 Å². The molecule has 0 bridgehead atoms. The van der Waals surface area contributed by atoms with Crippen molar-refractivity contribution >= 4 is 11.8 Å². The number of rotatable bonds is 8. The topological polar surface area (TPSA) is 134 Å². The minimum absolute atomic E-state index is 0.0411. The van der Waals surface area contributed by atoms with Gasteiger partial charge in [0, 0.05) is 42.7 Å². The number of benzene rings is 2. The van der Waals surface area contributed by atoms with Gasteiger partial charge in [-0.3, -0.25) is 10.1 Å². The molecule has 2 rings (SSSR count). The number of primary amides is 1. The molecule has 1 unspecified atom stereocenters. The maximum Gasteiger partial charge on any atom is 0.404 e. The molecule has 9 heteroatoms. The lowest BCUT2D eigenvalue weighted by Gasteiger charge is -2.19. The van der Waals surface area contributed by atoms with Gasteiger partial charge in [-0.15, -0.1) is 0 Å². The maximum atomic E-state index is 11.3. The first-order valence-corrected chi connectivity index (χ1v) is 7.97. The number of carbonyl (C=O) groups excluding carboxylic acids is 1. The number of methoxy groups -OCH3 is 2. The molecule has 27 heavy (non-hydrogen) atoms. The summed E-state index contributed by atoms with van der Waals surface area (Å²) >= 11 is 0. The molecule has 2 aromatic rings. The van der Waals surface area contributed by atoms with Gasteiger partial charge >= 0.3 is 6.09 Å². The summed E-state index contributed by atoms with van der Waals surface area (Å²) in [5, 5.41) is 21.0. The molecule has 0 spiro atoms. The van der Waals surface area contributed by atoms with Crippen molar-refractivity contribution < 1.29 is 29.0 Å². The van der Waals surface area contributed by atoms with Gasteiger partial charge in [0.1, 0.15) is 23.4 Å². The van der Waals surface area contributed by atoms with E-state index in [4.69, 9.17) is 19.9 Å². The van der Waals surface area contributed by atoms with Crippen LogP contribution in [0.15, 0.2) is 36.4 Å². The first-order valence-electron chi connectivity index (χ1n) is 7.97. The molecule has 3 N–H and O–H groups in total. The minimum atomic E-state index is -0.964. The molecule has 0 aromatic heterocycles. The molecule has 0 radical (unpaired) electrons. The van der Waals surface area contributed by atoms with Crippen molar-refractivity contribution in [3.63, 3.8) is 0 Å². The minimum Gasteiger partial charge on any atom is -0.507 e. The van der Waals surface area contributed by atoms with Gasteiger partial charge in [-0.1, -0.05) is 12.1 Å². The number of nitrogens with zero attached hydrogens (tertiary/aromatic N) is 1. The first-order chi connectivity index (χ1) is 12.8. The van der Waals surface area contributed by atoms with Crippen molar-refractivity contribution in [2.24, 2.45) is 5.73 Å². The summed E-state index contributed by atoms with van der Waals surface area (Å²) < 4.78 is 15.5. The highest BCUT2D eigenvalue weighted by molar-refractivity contribution is 5.65. The van der Waals surface area contributed by atoms with Crippen LogP contribution >= 0.6 is 0 Å². The monoisotopic (exact) mass is 376 g/mol. The fourth-order valence-electron chi connectivity index (χ4n) is 2.68. The SMILES string of the molecule is COc1cc(O)c(CC(Cc2ccc([N+](=O)[O-])cc2)OC(N)=O)c(OC)c1. The van der Waals surface area contributed by atoms with Crippen LogP contribution in [-0.4, -0.2) is 36.4 Å². The Morgan fingerprint density at radius 3 is 2.37 bits per heavy atom. The van der Waals surface area contributed by atoms with E-state index >= 15 is 0 Å². The summed E-state index contributed by atoms with van der Waals surface area (Å²) in [6.45, 7) is 0. The van der Waals surface area contributed by atoms with E-state index < -0.39 is 17.1 Å². The highest BCUT2D eigenvalue weighted by Crippen LogP contribution is 2.35. The van der Waals surface area contributed by atoms with Gasteiger partial charge in [0.05, 0.1) is 19.1 Å². The van der Waals surface area contributed by atoms with Gasteiger partial charge in [-0.2, -0.15) is 0 Å². The number of nitro benzene ring substituents is 1. The molecule has 0 aliphatic carbocycles. The van der Waals surface area contributed by atoms with E-state index in [1.54, 1.807) is 18.2 Å². The number of ether oxygens (including phenoxy) is 3. The standard InChI is InChI=1S/C18H20N2O7/c1-25-13-9-16(21)15(17(10-13)26-2)8-14(27-18(19)22)7-11-3-5-12(6-4-11)20(23)24/h3-6,9-10,14,21H,7-8H2,1-2H3,(H2,19,22). The lowest BCUT2D eigenvalue weighted by atomic mass is 9.99. The molecular formula is C18H20N2O7. The van der Waals surface area contributed by atoms with Crippen molar-refractivity contribution in [2.75, 3.05) is 14.2 Å². The van der Waals surface area contributed by atoms with E-state index in [0.29, 0.717) is 22.6 Å². The van der Waals surface area contributed by atoms with Crippen LogP contribution in [-0.2, 0) is 17.6 Å². The lowest BCUT2D eigenvalue weighted by molar-refractivity contribution is -0.384. The molecule has 0 saturated heterocycles. The van der Waals surface area contributed by atoms with Crippen molar-refractivity contribution in [3.8, 4) is 17.2 Å². The highest BCUT2D eigenvalue weighted by Gasteiger charge is 2.21. The van der Waals surface area contributed by atoms with Crippen molar-refractivity contribution in [1.82, 2.24) is 0 Å². The van der Waals surface area contributed by atoms with Gasteiger partial charge in [-0.05, 0) is 5.56 Å². The third-order valence-corrected chi connectivity index (χ3v) is 3.94. The molecule has 0 heterocycles. The van der Waals surface area contributed by atoms with Crippen LogP contribution in [0.4, 0.5) is 10.5 Å². The summed E-state index contributed by atoms with van der Waals surface area (Å²) in [4.78, 5) is 21.5. The highest BCUT2D eigenvalue weighted by atomic mass is 16.6. The molecular weight excluding hydrogens is 356 g/mol. The number of aromatic hydroxyl groups is 1. The molecule has 0 fully saturated rings. The van der Waals surface area contributed by atoms with Gasteiger partial charge in [0.15, 0.2) is 0 Å². The zero-order valence-electron chi connectivity index (χ0n) is 14.9. The summed E-state index contributed by atoms with van der Waals surface area (Å²) in [7, 11) is 2.90. The molecule has 1 amide bonds. The largest absolute Gasteiger partial charge is 0.507 e. The second-order valence-corrected chi connectivity index (χ2v) is 5.72. The van der Waals surface area contributed by atoms with Gasteiger partial charge in [-0.25, -0.2) is 4.79 Å². The maximum absolute atomic E-state index is 11.3. The van der Waals surface area contributed by atoms with E-state index in [1.807, 2.05) is 0 Å². The molecule has 9 nitrogen and oxygen atoms in total. The summed E-state index contributed by atoms with van der Waals surface area (Å²) in [6.07, 6.45) is -1.31. The average molecular weight is 376 g/mol. The first kappa shape index (κ1) is 19.8.